The van der Waals surface area contributed by atoms with Crippen LogP contribution in [0.5, 0.6) is 0 Å². The van der Waals surface area contributed by atoms with Gasteiger partial charge in [0.25, 0.3) is 5.91 Å². The van der Waals surface area contributed by atoms with Crippen molar-refractivity contribution in [3.8, 4) is 0 Å². The zero-order chi connectivity index (χ0) is 14.9. The van der Waals surface area contributed by atoms with Gasteiger partial charge in [0.1, 0.15) is 12.6 Å². The van der Waals surface area contributed by atoms with E-state index in [-0.39, 0.29) is 12.5 Å². The second-order valence-electron chi connectivity index (χ2n) is 4.40. The highest BCUT2D eigenvalue weighted by Crippen LogP contribution is 2.22. The Balaban J connectivity index is 2.32. The van der Waals surface area contributed by atoms with Crippen molar-refractivity contribution < 1.29 is 14.4 Å². The van der Waals surface area contributed by atoms with Crippen LogP contribution in [0.2, 0.25) is 5.02 Å². The quantitative estimate of drug-likeness (QED) is 0.602. The van der Waals surface area contributed by atoms with Crippen LogP contribution < -0.4 is 5.32 Å². The van der Waals surface area contributed by atoms with Crippen LogP contribution in [0, 0.1) is 3.57 Å². The highest BCUT2D eigenvalue weighted by Gasteiger charge is 2.35. The first kappa shape index (κ1) is 15.2. The molecule has 1 aliphatic rings. The molecule has 0 radical (unpaired) electrons. The maximum atomic E-state index is 12.5. The summed E-state index contributed by atoms with van der Waals surface area (Å²) in [6.07, 6.45) is 0.447. The van der Waals surface area contributed by atoms with Crippen LogP contribution in [-0.2, 0) is 9.59 Å². The number of amides is 3. The van der Waals surface area contributed by atoms with Crippen molar-refractivity contribution in [2.24, 2.45) is 0 Å². The monoisotopic (exact) mass is 406 g/mol. The third-order valence-corrected chi connectivity index (χ3v) is 4.64. The number of halogens is 2. The molecule has 3 amide bonds. The average molecular weight is 407 g/mol. The standard InChI is InChI=1S/C13H12ClIN2O3/c1-2-10-12(19)16-11(18)6-17(10)13(20)7-3-4-9(15)8(14)5-7/h3-5,10H,2,6H2,1H3,(H,16,18,19). The van der Waals surface area contributed by atoms with Gasteiger partial charge in [-0.05, 0) is 47.2 Å². The molecule has 1 N–H and O–H groups in total. The van der Waals surface area contributed by atoms with Gasteiger partial charge >= 0.3 is 0 Å². The summed E-state index contributed by atoms with van der Waals surface area (Å²) in [5, 5.41) is 2.71. The molecule has 7 heteroatoms. The van der Waals surface area contributed by atoms with Crippen molar-refractivity contribution in [1.29, 1.82) is 0 Å². The van der Waals surface area contributed by atoms with Crippen molar-refractivity contribution in [3.63, 3.8) is 0 Å². The van der Waals surface area contributed by atoms with Gasteiger partial charge in [0, 0.05) is 9.13 Å². The van der Waals surface area contributed by atoms with Gasteiger partial charge < -0.3 is 4.90 Å². The molecule has 1 unspecified atom stereocenters. The minimum Gasteiger partial charge on any atom is -0.317 e. The normalized spacial score (nSPS) is 18.9. The van der Waals surface area contributed by atoms with Crippen LogP contribution in [0.25, 0.3) is 0 Å². The van der Waals surface area contributed by atoms with Crippen LogP contribution in [0.1, 0.15) is 23.7 Å². The summed E-state index contributed by atoms with van der Waals surface area (Å²) >= 11 is 8.06. The van der Waals surface area contributed by atoms with Crippen molar-refractivity contribution in [2.75, 3.05) is 6.54 Å². The van der Waals surface area contributed by atoms with Crippen LogP contribution in [-0.4, -0.2) is 35.2 Å². The second kappa shape index (κ2) is 6.09. The van der Waals surface area contributed by atoms with Crippen LogP contribution in [0.3, 0.4) is 0 Å². The number of hydrogen-bond acceptors (Lipinski definition) is 3. The number of imide groups is 1. The van der Waals surface area contributed by atoms with E-state index in [1.807, 2.05) is 0 Å². The number of rotatable bonds is 2. The SMILES string of the molecule is CCC1C(=O)NC(=O)CN1C(=O)c1ccc(I)c(Cl)c1. The van der Waals surface area contributed by atoms with Crippen molar-refractivity contribution in [2.45, 2.75) is 19.4 Å². The summed E-state index contributed by atoms with van der Waals surface area (Å²) in [7, 11) is 0. The van der Waals surface area contributed by atoms with Crippen molar-refractivity contribution >= 4 is 51.9 Å². The number of nitrogens with zero attached hydrogens (tertiary/aromatic N) is 1. The fourth-order valence-electron chi connectivity index (χ4n) is 2.08. The molecule has 1 aromatic carbocycles. The van der Waals surface area contributed by atoms with Gasteiger partial charge in [-0.3, -0.25) is 19.7 Å². The maximum absolute atomic E-state index is 12.5. The van der Waals surface area contributed by atoms with Gasteiger partial charge in [-0.1, -0.05) is 18.5 Å². The maximum Gasteiger partial charge on any atom is 0.255 e. The van der Waals surface area contributed by atoms with E-state index in [1.54, 1.807) is 25.1 Å². The third kappa shape index (κ3) is 2.95. The number of nitrogens with one attached hydrogen (secondary N) is 1. The van der Waals surface area contributed by atoms with Gasteiger partial charge in [-0.15, -0.1) is 0 Å². The minimum atomic E-state index is -0.627. The topological polar surface area (TPSA) is 66.5 Å². The van der Waals surface area contributed by atoms with Gasteiger partial charge in [0.05, 0.1) is 5.02 Å². The first-order chi connectivity index (χ1) is 9.43. The molecule has 1 aliphatic heterocycles. The molecule has 106 valence electrons. The van der Waals surface area contributed by atoms with E-state index in [0.717, 1.165) is 3.57 Å². The largest absolute Gasteiger partial charge is 0.317 e. The molecule has 0 saturated carbocycles. The fourth-order valence-corrected chi connectivity index (χ4v) is 2.60. The molecule has 0 spiro atoms. The Labute approximate surface area is 134 Å². The molecule has 5 nitrogen and oxygen atoms in total. The number of benzene rings is 1. The molecule has 1 aromatic rings. The lowest BCUT2D eigenvalue weighted by Crippen LogP contribution is -2.59. The summed E-state index contributed by atoms with van der Waals surface area (Å²) in [6.45, 7) is 1.67. The summed E-state index contributed by atoms with van der Waals surface area (Å²) in [5.41, 5.74) is 0.372. The molecular weight excluding hydrogens is 395 g/mol. The second-order valence-corrected chi connectivity index (χ2v) is 5.97. The number of carbonyl (C=O) groups excluding carboxylic acids is 3. The third-order valence-electron chi connectivity index (χ3n) is 3.07. The Hall–Kier alpha value is -1.15. The smallest absolute Gasteiger partial charge is 0.255 e. The Morgan fingerprint density at radius 2 is 2.20 bits per heavy atom. The predicted octanol–water partition coefficient (Wildman–Crippen LogP) is 1.82. The van der Waals surface area contributed by atoms with E-state index < -0.39 is 17.9 Å². The van der Waals surface area contributed by atoms with E-state index in [4.69, 9.17) is 11.6 Å². The van der Waals surface area contributed by atoms with E-state index in [2.05, 4.69) is 27.9 Å². The van der Waals surface area contributed by atoms with Crippen LogP contribution in [0.4, 0.5) is 0 Å². The van der Waals surface area contributed by atoms with Crippen molar-refractivity contribution in [3.05, 3.63) is 32.4 Å². The predicted molar refractivity (Wildman–Crippen MR) is 82.4 cm³/mol. The first-order valence-electron chi connectivity index (χ1n) is 6.03. The summed E-state index contributed by atoms with van der Waals surface area (Å²) in [5.74, 6) is -1.27. The Morgan fingerprint density at radius 3 is 2.80 bits per heavy atom. The van der Waals surface area contributed by atoms with E-state index in [9.17, 15) is 14.4 Å². The molecular formula is C13H12ClIN2O3. The molecule has 0 aromatic heterocycles. The van der Waals surface area contributed by atoms with E-state index in [0.29, 0.717) is 17.0 Å². The molecule has 1 atom stereocenters. The zero-order valence-electron chi connectivity index (χ0n) is 10.7. The van der Waals surface area contributed by atoms with E-state index in [1.165, 1.54) is 4.90 Å². The molecule has 1 fully saturated rings. The number of carbonyl (C=O) groups is 3. The molecule has 20 heavy (non-hydrogen) atoms. The Bertz CT molecular complexity index is 591. The molecule has 1 saturated heterocycles. The van der Waals surface area contributed by atoms with Gasteiger partial charge in [-0.25, -0.2) is 0 Å². The van der Waals surface area contributed by atoms with Crippen LogP contribution in [0.15, 0.2) is 18.2 Å². The fraction of sp³-hybridized carbons (Fsp3) is 0.308. The summed E-state index contributed by atoms with van der Waals surface area (Å²) in [4.78, 5) is 36.9. The number of piperazine rings is 1. The molecule has 1 heterocycles. The lowest BCUT2D eigenvalue weighted by atomic mass is 10.1. The summed E-state index contributed by atoms with van der Waals surface area (Å²) in [6, 6.07) is 4.29. The minimum absolute atomic E-state index is 0.118. The van der Waals surface area contributed by atoms with E-state index >= 15 is 0 Å². The number of hydrogen-bond donors (Lipinski definition) is 1. The Morgan fingerprint density at radius 1 is 1.50 bits per heavy atom. The highest BCUT2D eigenvalue weighted by atomic mass is 127. The zero-order valence-corrected chi connectivity index (χ0v) is 13.6. The Kier molecular flexibility index (Phi) is 4.64. The first-order valence-corrected chi connectivity index (χ1v) is 7.49. The molecule has 0 aliphatic carbocycles. The van der Waals surface area contributed by atoms with Gasteiger partial charge in [-0.2, -0.15) is 0 Å². The molecule has 0 bridgehead atoms. The molecule has 2 rings (SSSR count). The summed E-state index contributed by atoms with van der Waals surface area (Å²) < 4.78 is 0.834. The van der Waals surface area contributed by atoms with Crippen molar-refractivity contribution in [1.82, 2.24) is 10.2 Å². The van der Waals surface area contributed by atoms with Gasteiger partial charge in [0.2, 0.25) is 11.8 Å². The lowest BCUT2D eigenvalue weighted by molar-refractivity contribution is -0.138. The van der Waals surface area contributed by atoms with Crippen LogP contribution >= 0.6 is 34.2 Å². The lowest BCUT2D eigenvalue weighted by Gasteiger charge is -2.33. The highest BCUT2D eigenvalue weighted by molar-refractivity contribution is 14.1. The average Bonchev–Trinajstić information content (AvgIpc) is 2.40. The van der Waals surface area contributed by atoms with Gasteiger partial charge in [0.15, 0.2) is 0 Å².